The number of fused-ring (bicyclic) bond motifs is 1. The first-order valence-corrected chi connectivity index (χ1v) is 11.8. The molecule has 0 spiro atoms. The van der Waals surface area contributed by atoms with E-state index in [-0.39, 0.29) is 23.0 Å². The average molecular weight is 417 g/mol. The summed E-state index contributed by atoms with van der Waals surface area (Å²) in [6, 6.07) is 1.49. The van der Waals surface area contributed by atoms with Crippen molar-refractivity contribution >= 4 is 44.0 Å². The minimum absolute atomic E-state index is 0.0162. The molecule has 142 valence electrons. The second-order valence-electron chi connectivity index (χ2n) is 5.81. The van der Waals surface area contributed by atoms with Gasteiger partial charge in [-0.2, -0.15) is 4.31 Å². The number of hydrogen-bond donors (Lipinski definition) is 0. The number of nitrogens with zero attached hydrogens (tertiary/aromatic N) is 4. The Labute approximate surface area is 159 Å². The van der Waals surface area contributed by atoms with Gasteiger partial charge in [-0.25, -0.2) is 13.4 Å². The first-order chi connectivity index (χ1) is 12.4. The quantitative estimate of drug-likeness (QED) is 0.680. The fraction of sp³-hybridized carbons (Fsp3) is 0.533. The molecular weight excluding hydrogens is 396 g/mol. The smallest absolute Gasteiger partial charge is 0.258 e. The van der Waals surface area contributed by atoms with Crippen molar-refractivity contribution in [2.75, 3.05) is 37.7 Å². The van der Waals surface area contributed by atoms with Gasteiger partial charge in [-0.15, -0.1) is 23.1 Å². The van der Waals surface area contributed by atoms with Crippen LogP contribution in [0, 0.1) is 0 Å². The molecule has 11 heteroatoms. The highest BCUT2D eigenvalue weighted by molar-refractivity contribution is 7.99. The van der Waals surface area contributed by atoms with Gasteiger partial charge in [-0.3, -0.25) is 14.0 Å². The molecule has 0 bridgehead atoms. The molecule has 1 saturated heterocycles. The van der Waals surface area contributed by atoms with Crippen LogP contribution in [0.5, 0.6) is 0 Å². The van der Waals surface area contributed by atoms with E-state index in [2.05, 4.69) is 4.98 Å². The number of aromatic nitrogens is 2. The van der Waals surface area contributed by atoms with Crippen LogP contribution in [0.25, 0.3) is 4.96 Å². The van der Waals surface area contributed by atoms with Crippen LogP contribution < -0.4 is 5.56 Å². The third-order valence-corrected chi connectivity index (χ3v) is 7.77. The summed E-state index contributed by atoms with van der Waals surface area (Å²) in [5, 5.41) is 1.81. The second kappa shape index (κ2) is 8.07. The van der Waals surface area contributed by atoms with E-state index in [9.17, 15) is 18.0 Å². The van der Waals surface area contributed by atoms with Gasteiger partial charge in [0.25, 0.3) is 5.56 Å². The minimum atomic E-state index is -3.19. The van der Waals surface area contributed by atoms with Gasteiger partial charge in [0, 0.05) is 49.6 Å². The summed E-state index contributed by atoms with van der Waals surface area (Å²) in [4.78, 5) is 31.0. The van der Waals surface area contributed by atoms with Crippen LogP contribution >= 0.6 is 23.1 Å². The SMILES string of the molecule is CCS(=O)(=O)N1CCN(C(=O)CSCc2cc(=O)n3ccsc3n2)CC1. The number of thioether (sulfide) groups is 1. The molecule has 26 heavy (non-hydrogen) atoms. The fourth-order valence-electron chi connectivity index (χ4n) is 2.69. The third-order valence-electron chi connectivity index (χ3n) is 4.18. The molecule has 3 rings (SSSR count). The van der Waals surface area contributed by atoms with Crippen LogP contribution in [-0.4, -0.2) is 70.6 Å². The molecule has 8 nitrogen and oxygen atoms in total. The van der Waals surface area contributed by atoms with Gasteiger partial charge < -0.3 is 4.90 Å². The maximum atomic E-state index is 12.3. The minimum Gasteiger partial charge on any atom is -0.339 e. The summed E-state index contributed by atoms with van der Waals surface area (Å²) in [5.74, 6) is 0.835. The number of rotatable bonds is 6. The number of hydrogen-bond acceptors (Lipinski definition) is 7. The molecule has 1 fully saturated rings. The summed E-state index contributed by atoms with van der Waals surface area (Å²) in [5.41, 5.74) is 0.542. The molecule has 2 aromatic heterocycles. The molecule has 0 radical (unpaired) electrons. The number of carbonyl (C=O) groups excluding carboxylic acids is 1. The molecule has 1 aliphatic heterocycles. The Morgan fingerprint density at radius 1 is 1.31 bits per heavy atom. The van der Waals surface area contributed by atoms with Crippen molar-refractivity contribution < 1.29 is 13.2 Å². The maximum absolute atomic E-state index is 12.3. The number of sulfonamides is 1. The van der Waals surface area contributed by atoms with Crippen LogP contribution in [0.15, 0.2) is 22.4 Å². The van der Waals surface area contributed by atoms with Gasteiger partial charge in [-0.1, -0.05) is 0 Å². The van der Waals surface area contributed by atoms with E-state index >= 15 is 0 Å². The lowest BCUT2D eigenvalue weighted by molar-refractivity contribution is -0.129. The predicted molar refractivity (Wildman–Crippen MR) is 103 cm³/mol. The molecular formula is C15H20N4O4S3. The maximum Gasteiger partial charge on any atom is 0.258 e. The van der Waals surface area contributed by atoms with Crippen molar-refractivity contribution in [3.05, 3.63) is 33.7 Å². The van der Waals surface area contributed by atoms with E-state index in [0.717, 1.165) is 0 Å². The van der Waals surface area contributed by atoms with Crippen molar-refractivity contribution in [1.82, 2.24) is 18.6 Å². The van der Waals surface area contributed by atoms with Gasteiger partial charge in [0.1, 0.15) is 0 Å². The number of amides is 1. The topological polar surface area (TPSA) is 92.1 Å². The highest BCUT2D eigenvalue weighted by Gasteiger charge is 2.27. The van der Waals surface area contributed by atoms with E-state index in [1.807, 2.05) is 5.38 Å². The Morgan fingerprint density at radius 2 is 2.04 bits per heavy atom. The Bertz CT molecular complexity index is 945. The highest BCUT2D eigenvalue weighted by atomic mass is 32.2. The third kappa shape index (κ3) is 4.27. The van der Waals surface area contributed by atoms with Crippen molar-refractivity contribution in [1.29, 1.82) is 0 Å². The second-order valence-corrected chi connectivity index (χ2v) is 9.93. The number of carbonyl (C=O) groups is 1. The van der Waals surface area contributed by atoms with E-state index in [1.54, 1.807) is 18.0 Å². The predicted octanol–water partition coefficient (Wildman–Crippen LogP) is 0.483. The lowest BCUT2D eigenvalue weighted by Crippen LogP contribution is -2.51. The van der Waals surface area contributed by atoms with Crippen LogP contribution in [0.3, 0.4) is 0 Å². The molecule has 0 unspecified atom stereocenters. The Kier molecular flexibility index (Phi) is 6.00. The highest BCUT2D eigenvalue weighted by Crippen LogP contribution is 2.14. The molecule has 0 atom stereocenters. The summed E-state index contributed by atoms with van der Waals surface area (Å²) in [6.07, 6.45) is 1.69. The molecule has 2 aromatic rings. The zero-order valence-electron chi connectivity index (χ0n) is 14.3. The van der Waals surface area contributed by atoms with Crippen LogP contribution in [-0.2, 0) is 20.6 Å². The molecule has 1 aliphatic rings. The van der Waals surface area contributed by atoms with Crippen LogP contribution in [0.4, 0.5) is 0 Å². The molecule has 0 aromatic carbocycles. The van der Waals surface area contributed by atoms with Crippen LogP contribution in [0.2, 0.25) is 0 Å². The number of thiazole rings is 1. The summed E-state index contributed by atoms with van der Waals surface area (Å²) < 4.78 is 26.6. The van der Waals surface area contributed by atoms with Crippen molar-refractivity contribution in [3.63, 3.8) is 0 Å². The van der Waals surface area contributed by atoms with Gasteiger partial charge >= 0.3 is 0 Å². The molecule has 0 aliphatic carbocycles. The van der Waals surface area contributed by atoms with E-state index < -0.39 is 10.0 Å². The van der Waals surface area contributed by atoms with E-state index in [0.29, 0.717) is 42.6 Å². The van der Waals surface area contributed by atoms with Crippen molar-refractivity contribution in [2.24, 2.45) is 0 Å². The van der Waals surface area contributed by atoms with Gasteiger partial charge in [0.15, 0.2) is 4.96 Å². The van der Waals surface area contributed by atoms with Gasteiger partial charge in [-0.05, 0) is 6.92 Å². The summed E-state index contributed by atoms with van der Waals surface area (Å²) in [7, 11) is -3.19. The standard InChI is InChI=1S/C15H20N4O4S3/c1-2-26(22,23)18-5-3-17(4-6-18)14(21)11-24-10-12-9-13(20)19-7-8-25-15(19)16-12/h7-9H,2-6,10-11H2,1H3. The fourth-order valence-corrected chi connectivity index (χ4v) is 5.33. The monoisotopic (exact) mass is 416 g/mol. The number of piperazine rings is 1. The molecule has 0 saturated carbocycles. The Balaban J connectivity index is 1.49. The first-order valence-electron chi connectivity index (χ1n) is 8.20. The Morgan fingerprint density at radius 3 is 2.73 bits per heavy atom. The van der Waals surface area contributed by atoms with Gasteiger partial charge in [0.05, 0.1) is 17.2 Å². The average Bonchev–Trinajstić information content (AvgIpc) is 3.11. The normalized spacial score (nSPS) is 16.3. The lowest BCUT2D eigenvalue weighted by Gasteiger charge is -2.33. The largest absolute Gasteiger partial charge is 0.339 e. The van der Waals surface area contributed by atoms with Crippen LogP contribution in [0.1, 0.15) is 12.6 Å². The summed E-state index contributed by atoms with van der Waals surface area (Å²) in [6.45, 7) is 3.15. The van der Waals surface area contributed by atoms with E-state index in [1.165, 1.54) is 37.9 Å². The zero-order valence-corrected chi connectivity index (χ0v) is 16.8. The summed E-state index contributed by atoms with van der Waals surface area (Å²) >= 11 is 2.81. The van der Waals surface area contributed by atoms with Gasteiger partial charge in [0.2, 0.25) is 15.9 Å². The molecule has 1 amide bonds. The van der Waals surface area contributed by atoms with Crippen molar-refractivity contribution in [2.45, 2.75) is 12.7 Å². The molecule has 0 N–H and O–H groups in total. The van der Waals surface area contributed by atoms with E-state index in [4.69, 9.17) is 0 Å². The first kappa shape index (κ1) is 19.3. The zero-order chi connectivity index (χ0) is 18.7. The lowest BCUT2D eigenvalue weighted by atomic mass is 10.3. The van der Waals surface area contributed by atoms with Crippen molar-refractivity contribution in [3.8, 4) is 0 Å². The Hall–Kier alpha value is -1.43. The molecule has 3 heterocycles.